The van der Waals surface area contributed by atoms with E-state index in [-0.39, 0.29) is 0 Å². The predicted octanol–water partition coefficient (Wildman–Crippen LogP) is -0.676. The largest absolute Gasteiger partial charge is 0.376 e. The number of nitrogens with one attached hydrogen (secondary N) is 1. The highest BCUT2D eigenvalue weighted by Crippen LogP contribution is 1.98. The molecular weight excluding hydrogens is 116 g/mol. The highest BCUT2D eigenvalue weighted by Gasteiger charge is 2.10. The Morgan fingerprint density at radius 3 is 3.11 bits per heavy atom. The quantitative estimate of drug-likeness (QED) is 0.521. The summed E-state index contributed by atoms with van der Waals surface area (Å²) in [4.78, 5) is 0. The number of morpholine rings is 1. The van der Waals surface area contributed by atoms with Crippen LogP contribution in [0.5, 0.6) is 0 Å². The Hall–Kier alpha value is -0.120. The van der Waals surface area contributed by atoms with Gasteiger partial charge in [0.2, 0.25) is 0 Å². The zero-order chi connectivity index (χ0) is 6.53. The maximum Gasteiger partial charge on any atom is 0.0712 e. The van der Waals surface area contributed by atoms with Gasteiger partial charge in [-0.3, -0.25) is 0 Å². The molecule has 1 rings (SSSR count). The van der Waals surface area contributed by atoms with E-state index >= 15 is 0 Å². The Labute approximate surface area is 55.6 Å². The van der Waals surface area contributed by atoms with Crippen molar-refractivity contribution < 1.29 is 4.74 Å². The highest BCUT2D eigenvalue weighted by atomic mass is 16.5. The lowest BCUT2D eigenvalue weighted by molar-refractivity contribution is 0.0252. The summed E-state index contributed by atoms with van der Waals surface area (Å²) < 4.78 is 5.38. The van der Waals surface area contributed by atoms with E-state index in [1.165, 1.54) is 0 Å². The Bertz CT molecular complexity index is 68.7. The summed E-state index contributed by atoms with van der Waals surface area (Å²) in [6, 6.07) is 0. The zero-order valence-electron chi connectivity index (χ0n) is 5.60. The van der Waals surface area contributed by atoms with Crippen LogP contribution in [0.3, 0.4) is 0 Å². The summed E-state index contributed by atoms with van der Waals surface area (Å²) in [5, 5.41) is 3.24. The molecule has 0 radical (unpaired) electrons. The van der Waals surface area contributed by atoms with Gasteiger partial charge in [0.1, 0.15) is 0 Å². The zero-order valence-corrected chi connectivity index (χ0v) is 5.60. The minimum Gasteiger partial charge on any atom is -0.376 e. The van der Waals surface area contributed by atoms with Crippen molar-refractivity contribution in [3.63, 3.8) is 0 Å². The first-order valence-electron chi connectivity index (χ1n) is 3.46. The molecular formula is C6H14N2O. The van der Waals surface area contributed by atoms with Crippen LogP contribution in [0.25, 0.3) is 0 Å². The fourth-order valence-electron chi connectivity index (χ4n) is 0.991. The minimum absolute atomic E-state index is 0.365. The van der Waals surface area contributed by atoms with Gasteiger partial charge < -0.3 is 15.8 Å². The van der Waals surface area contributed by atoms with Gasteiger partial charge in [0.25, 0.3) is 0 Å². The van der Waals surface area contributed by atoms with Crippen molar-refractivity contribution in [3.05, 3.63) is 0 Å². The summed E-state index contributed by atoms with van der Waals surface area (Å²) in [5.41, 5.74) is 5.35. The van der Waals surface area contributed by atoms with Crippen molar-refractivity contribution in [2.24, 2.45) is 5.73 Å². The Balaban J connectivity index is 2.08. The Morgan fingerprint density at radius 2 is 2.56 bits per heavy atom. The third-order valence-electron chi connectivity index (χ3n) is 1.49. The lowest BCUT2D eigenvalue weighted by Crippen LogP contribution is -2.39. The average Bonchev–Trinajstić information content (AvgIpc) is 1.91. The lowest BCUT2D eigenvalue weighted by atomic mass is 10.2. The molecule has 1 saturated heterocycles. The third-order valence-corrected chi connectivity index (χ3v) is 1.49. The van der Waals surface area contributed by atoms with E-state index in [0.29, 0.717) is 6.10 Å². The van der Waals surface area contributed by atoms with Crippen LogP contribution in [0.1, 0.15) is 6.42 Å². The molecule has 0 aromatic rings. The number of nitrogens with two attached hydrogens (primary N) is 1. The number of rotatable bonds is 2. The van der Waals surface area contributed by atoms with Gasteiger partial charge in [-0.05, 0) is 13.0 Å². The molecule has 0 aromatic carbocycles. The summed E-state index contributed by atoms with van der Waals surface area (Å²) in [5.74, 6) is 0. The van der Waals surface area contributed by atoms with E-state index in [2.05, 4.69) is 5.32 Å². The number of hydrogen-bond donors (Lipinski definition) is 2. The topological polar surface area (TPSA) is 47.3 Å². The van der Waals surface area contributed by atoms with Gasteiger partial charge >= 0.3 is 0 Å². The van der Waals surface area contributed by atoms with Gasteiger partial charge in [-0.1, -0.05) is 0 Å². The normalized spacial score (nSPS) is 28.3. The standard InChI is InChI=1S/C6H14N2O/c7-2-1-6-5-8-3-4-9-6/h6,8H,1-5,7H2/t6-/m1/s1. The Morgan fingerprint density at radius 1 is 1.67 bits per heavy atom. The van der Waals surface area contributed by atoms with Crippen LogP contribution in [0.2, 0.25) is 0 Å². The highest BCUT2D eigenvalue weighted by molar-refractivity contribution is 4.66. The first-order valence-corrected chi connectivity index (χ1v) is 3.46. The summed E-state index contributed by atoms with van der Waals surface area (Å²) in [7, 11) is 0. The van der Waals surface area contributed by atoms with Crippen LogP contribution in [0.15, 0.2) is 0 Å². The van der Waals surface area contributed by atoms with E-state index in [0.717, 1.165) is 32.7 Å². The molecule has 9 heavy (non-hydrogen) atoms. The van der Waals surface area contributed by atoms with Crippen LogP contribution in [0, 0.1) is 0 Å². The Kier molecular flexibility index (Phi) is 2.97. The second-order valence-electron chi connectivity index (χ2n) is 2.27. The molecule has 3 nitrogen and oxygen atoms in total. The van der Waals surface area contributed by atoms with Gasteiger partial charge in [0, 0.05) is 13.1 Å². The van der Waals surface area contributed by atoms with Gasteiger partial charge in [-0.15, -0.1) is 0 Å². The molecule has 0 bridgehead atoms. The van der Waals surface area contributed by atoms with Gasteiger partial charge in [0.05, 0.1) is 12.7 Å². The molecule has 0 saturated carbocycles. The summed E-state index contributed by atoms with van der Waals surface area (Å²) >= 11 is 0. The molecule has 54 valence electrons. The van der Waals surface area contributed by atoms with Gasteiger partial charge in [-0.2, -0.15) is 0 Å². The molecule has 3 N–H and O–H groups in total. The van der Waals surface area contributed by atoms with Gasteiger partial charge in [-0.25, -0.2) is 0 Å². The molecule has 1 aliphatic heterocycles. The van der Waals surface area contributed by atoms with E-state index in [9.17, 15) is 0 Å². The third kappa shape index (κ3) is 2.30. The monoisotopic (exact) mass is 130 g/mol. The molecule has 1 atom stereocenters. The second kappa shape index (κ2) is 3.82. The molecule has 1 aliphatic rings. The fourth-order valence-corrected chi connectivity index (χ4v) is 0.991. The van der Waals surface area contributed by atoms with Crippen LogP contribution in [0.4, 0.5) is 0 Å². The number of ether oxygens (including phenoxy) is 1. The van der Waals surface area contributed by atoms with Crippen molar-refractivity contribution in [1.29, 1.82) is 0 Å². The molecule has 0 unspecified atom stereocenters. The first kappa shape index (κ1) is 6.99. The van der Waals surface area contributed by atoms with Crippen LogP contribution in [-0.4, -0.2) is 32.3 Å². The van der Waals surface area contributed by atoms with Crippen molar-refractivity contribution in [1.82, 2.24) is 5.32 Å². The van der Waals surface area contributed by atoms with E-state index in [1.54, 1.807) is 0 Å². The number of hydrogen-bond acceptors (Lipinski definition) is 3. The van der Waals surface area contributed by atoms with Crippen molar-refractivity contribution >= 4 is 0 Å². The lowest BCUT2D eigenvalue weighted by Gasteiger charge is -2.22. The second-order valence-corrected chi connectivity index (χ2v) is 2.27. The van der Waals surface area contributed by atoms with E-state index in [1.807, 2.05) is 0 Å². The van der Waals surface area contributed by atoms with Gasteiger partial charge in [0.15, 0.2) is 0 Å². The molecule has 1 heterocycles. The molecule has 0 spiro atoms. The molecule has 3 heteroatoms. The van der Waals surface area contributed by atoms with Crippen LogP contribution in [-0.2, 0) is 4.74 Å². The van der Waals surface area contributed by atoms with Crippen molar-refractivity contribution in [2.75, 3.05) is 26.2 Å². The summed E-state index contributed by atoms with van der Waals surface area (Å²) in [6.45, 7) is 3.52. The molecule has 0 amide bonds. The predicted molar refractivity (Wildman–Crippen MR) is 36.3 cm³/mol. The van der Waals surface area contributed by atoms with Crippen LogP contribution < -0.4 is 11.1 Å². The molecule has 0 aromatic heterocycles. The average molecular weight is 130 g/mol. The smallest absolute Gasteiger partial charge is 0.0712 e. The maximum atomic E-state index is 5.38. The fraction of sp³-hybridized carbons (Fsp3) is 1.00. The first-order chi connectivity index (χ1) is 4.43. The molecule has 0 aliphatic carbocycles. The summed E-state index contributed by atoms with van der Waals surface area (Å²) in [6.07, 6.45) is 1.34. The van der Waals surface area contributed by atoms with E-state index < -0.39 is 0 Å². The van der Waals surface area contributed by atoms with E-state index in [4.69, 9.17) is 10.5 Å². The SMILES string of the molecule is NCC[C@@H]1CNCCO1. The maximum absolute atomic E-state index is 5.38. The molecule has 1 fully saturated rings. The minimum atomic E-state index is 0.365. The van der Waals surface area contributed by atoms with Crippen molar-refractivity contribution in [3.8, 4) is 0 Å². The van der Waals surface area contributed by atoms with Crippen LogP contribution >= 0.6 is 0 Å². The van der Waals surface area contributed by atoms with Crippen molar-refractivity contribution in [2.45, 2.75) is 12.5 Å².